The van der Waals surface area contributed by atoms with Gasteiger partial charge in [-0.1, -0.05) is 81.1 Å². The molecule has 150 valence electrons. The largest absolute Gasteiger partial charge is 0.494 e. The molecule has 3 aromatic carbocycles. The quantitative estimate of drug-likeness (QED) is 0.378. The van der Waals surface area contributed by atoms with E-state index in [0.717, 1.165) is 41.0 Å². The van der Waals surface area contributed by atoms with E-state index in [4.69, 9.17) is 9.84 Å². The number of ether oxygens (including phenoxy) is 1. The van der Waals surface area contributed by atoms with Gasteiger partial charge in [0, 0.05) is 0 Å². The first-order valence-corrected chi connectivity index (χ1v) is 10.3. The maximum absolute atomic E-state index is 11.0. The van der Waals surface area contributed by atoms with Crippen molar-refractivity contribution in [1.29, 1.82) is 0 Å². The molecule has 0 saturated carbocycles. The first-order valence-electron chi connectivity index (χ1n) is 10.3. The van der Waals surface area contributed by atoms with Crippen molar-refractivity contribution in [2.75, 3.05) is 6.61 Å². The van der Waals surface area contributed by atoms with E-state index in [1.165, 1.54) is 25.7 Å². The van der Waals surface area contributed by atoms with E-state index >= 15 is 0 Å². The molecule has 0 spiro atoms. The van der Waals surface area contributed by atoms with E-state index < -0.39 is 5.97 Å². The molecule has 0 saturated heterocycles. The topological polar surface area (TPSA) is 46.5 Å². The minimum absolute atomic E-state index is 0.300. The summed E-state index contributed by atoms with van der Waals surface area (Å²) < 4.78 is 5.84. The highest BCUT2D eigenvalue weighted by molar-refractivity contribution is 5.88. The Bertz CT molecular complexity index is 894. The second-order valence-electron chi connectivity index (χ2n) is 7.25. The highest BCUT2D eigenvalue weighted by Gasteiger charge is 2.04. The van der Waals surface area contributed by atoms with Crippen LogP contribution in [0, 0.1) is 0 Å². The fourth-order valence-electron chi connectivity index (χ4n) is 3.30. The zero-order valence-electron chi connectivity index (χ0n) is 16.9. The molecule has 0 heterocycles. The number of carbonyl (C=O) groups is 1. The molecule has 0 radical (unpaired) electrons. The molecule has 0 atom stereocenters. The summed E-state index contributed by atoms with van der Waals surface area (Å²) in [5, 5.41) is 9.01. The molecule has 0 aliphatic heterocycles. The van der Waals surface area contributed by atoms with Gasteiger partial charge in [-0.15, -0.1) is 0 Å². The summed E-state index contributed by atoms with van der Waals surface area (Å²) in [5.74, 6) is 0.00944. The smallest absolute Gasteiger partial charge is 0.335 e. The van der Waals surface area contributed by atoms with Gasteiger partial charge in [0.05, 0.1) is 12.2 Å². The van der Waals surface area contributed by atoms with Crippen molar-refractivity contribution in [2.24, 2.45) is 0 Å². The maximum atomic E-state index is 11.0. The molecule has 3 nitrogen and oxygen atoms in total. The maximum Gasteiger partial charge on any atom is 0.335 e. The molecule has 0 aliphatic rings. The Morgan fingerprint density at radius 3 is 1.62 bits per heavy atom. The summed E-state index contributed by atoms with van der Waals surface area (Å²) in [4.78, 5) is 11.0. The highest BCUT2D eigenvalue weighted by Crippen LogP contribution is 2.26. The number of unbranched alkanes of at least 4 members (excludes halogenated alkanes) is 4. The number of rotatable bonds is 10. The second kappa shape index (κ2) is 10.5. The van der Waals surface area contributed by atoms with E-state index in [-0.39, 0.29) is 0 Å². The Balaban J connectivity index is 1.57. The molecule has 0 aliphatic carbocycles. The molecule has 0 fully saturated rings. The summed E-state index contributed by atoms with van der Waals surface area (Å²) >= 11 is 0. The highest BCUT2D eigenvalue weighted by atomic mass is 16.5. The van der Waals surface area contributed by atoms with Crippen molar-refractivity contribution in [3.8, 4) is 28.0 Å². The Kier molecular flexibility index (Phi) is 7.46. The van der Waals surface area contributed by atoms with Crippen LogP contribution < -0.4 is 4.74 Å². The number of carboxylic acids is 1. The molecule has 3 rings (SSSR count). The van der Waals surface area contributed by atoms with E-state index in [9.17, 15) is 4.79 Å². The molecule has 0 amide bonds. The second-order valence-corrected chi connectivity index (χ2v) is 7.25. The standard InChI is InChI=1S/C26H28O3/c1-2-3-4-5-6-19-29-25-17-15-23(16-18-25)21-9-7-20(8-10-21)22-11-13-24(14-12-22)26(27)28/h7-18H,2-6,19H2,1H3,(H,27,28). The van der Waals surface area contributed by atoms with Crippen LogP contribution in [0.25, 0.3) is 22.3 Å². The molecule has 3 heteroatoms. The van der Waals surface area contributed by atoms with E-state index in [0.29, 0.717) is 5.56 Å². The fraction of sp³-hybridized carbons (Fsp3) is 0.269. The van der Waals surface area contributed by atoms with Gasteiger partial charge in [0.1, 0.15) is 5.75 Å². The van der Waals surface area contributed by atoms with Gasteiger partial charge in [0.25, 0.3) is 0 Å². The predicted molar refractivity (Wildman–Crippen MR) is 119 cm³/mol. The van der Waals surface area contributed by atoms with Gasteiger partial charge in [0.15, 0.2) is 0 Å². The van der Waals surface area contributed by atoms with Crippen molar-refractivity contribution in [2.45, 2.75) is 39.0 Å². The van der Waals surface area contributed by atoms with E-state index in [1.54, 1.807) is 12.1 Å². The van der Waals surface area contributed by atoms with Crippen LogP contribution in [0.15, 0.2) is 72.8 Å². The lowest BCUT2D eigenvalue weighted by atomic mass is 9.99. The molecule has 29 heavy (non-hydrogen) atoms. The van der Waals surface area contributed by atoms with E-state index in [2.05, 4.69) is 43.3 Å². The number of carboxylic acid groups (broad SMARTS) is 1. The van der Waals surface area contributed by atoms with Gasteiger partial charge in [0.2, 0.25) is 0 Å². The average molecular weight is 389 g/mol. The summed E-state index contributed by atoms with van der Waals surface area (Å²) in [5.41, 5.74) is 4.65. The number of aromatic carboxylic acids is 1. The van der Waals surface area contributed by atoms with Gasteiger partial charge >= 0.3 is 5.97 Å². The predicted octanol–water partition coefficient (Wildman–Crippen LogP) is 7.07. The van der Waals surface area contributed by atoms with Crippen LogP contribution in [-0.2, 0) is 0 Å². The van der Waals surface area contributed by atoms with Crippen LogP contribution in [0.2, 0.25) is 0 Å². The summed E-state index contributed by atoms with van der Waals surface area (Å²) in [6, 6.07) is 23.5. The molecule has 1 N–H and O–H groups in total. The molecular formula is C26H28O3. The Labute approximate surface area is 173 Å². The zero-order valence-corrected chi connectivity index (χ0v) is 16.9. The first kappa shape index (κ1) is 20.7. The molecule has 0 aromatic heterocycles. The van der Waals surface area contributed by atoms with Crippen molar-refractivity contribution < 1.29 is 14.6 Å². The lowest BCUT2D eigenvalue weighted by Crippen LogP contribution is -1.97. The normalized spacial score (nSPS) is 10.7. The fourth-order valence-corrected chi connectivity index (χ4v) is 3.30. The van der Waals surface area contributed by atoms with Crippen molar-refractivity contribution in [1.82, 2.24) is 0 Å². The van der Waals surface area contributed by atoms with Crippen LogP contribution >= 0.6 is 0 Å². The summed E-state index contributed by atoms with van der Waals surface area (Å²) in [6.07, 6.45) is 6.20. The SMILES string of the molecule is CCCCCCCOc1ccc(-c2ccc(-c3ccc(C(=O)O)cc3)cc2)cc1. The van der Waals surface area contributed by atoms with E-state index in [1.807, 2.05) is 24.3 Å². The lowest BCUT2D eigenvalue weighted by Gasteiger charge is -2.08. The van der Waals surface area contributed by atoms with Crippen molar-refractivity contribution >= 4 is 5.97 Å². The van der Waals surface area contributed by atoms with Gasteiger partial charge < -0.3 is 9.84 Å². The Morgan fingerprint density at radius 2 is 1.14 bits per heavy atom. The molecule has 0 unspecified atom stereocenters. The number of benzene rings is 3. The van der Waals surface area contributed by atoms with Gasteiger partial charge in [-0.3, -0.25) is 0 Å². The third kappa shape index (κ3) is 5.95. The molecule has 3 aromatic rings. The van der Waals surface area contributed by atoms with Crippen LogP contribution in [-0.4, -0.2) is 17.7 Å². The third-order valence-corrected chi connectivity index (χ3v) is 5.05. The minimum atomic E-state index is -0.907. The third-order valence-electron chi connectivity index (χ3n) is 5.05. The summed E-state index contributed by atoms with van der Waals surface area (Å²) in [7, 11) is 0. The Hall–Kier alpha value is -3.07. The number of hydrogen-bond acceptors (Lipinski definition) is 2. The van der Waals surface area contributed by atoms with Crippen molar-refractivity contribution in [3.05, 3.63) is 78.4 Å². The Morgan fingerprint density at radius 1 is 0.690 bits per heavy atom. The minimum Gasteiger partial charge on any atom is -0.494 e. The van der Waals surface area contributed by atoms with Gasteiger partial charge in [-0.05, 0) is 52.9 Å². The van der Waals surface area contributed by atoms with Crippen LogP contribution in [0.1, 0.15) is 49.4 Å². The van der Waals surface area contributed by atoms with Crippen LogP contribution in [0.4, 0.5) is 0 Å². The first-order chi connectivity index (χ1) is 14.2. The van der Waals surface area contributed by atoms with Crippen LogP contribution in [0.3, 0.4) is 0 Å². The summed E-state index contributed by atoms with van der Waals surface area (Å²) in [6.45, 7) is 3.00. The molecular weight excluding hydrogens is 360 g/mol. The average Bonchev–Trinajstić information content (AvgIpc) is 2.77. The zero-order chi connectivity index (χ0) is 20.5. The van der Waals surface area contributed by atoms with Crippen molar-refractivity contribution in [3.63, 3.8) is 0 Å². The lowest BCUT2D eigenvalue weighted by molar-refractivity contribution is 0.0697. The van der Waals surface area contributed by atoms with Gasteiger partial charge in [-0.2, -0.15) is 0 Å². The number of hydrogen-bond donors (Lipinski definition) is 1. The molecule has 0 bridgehead atoms. The van der Waals surface area contributed by atoms with Crippen LogP contribution in [0.5, 0.6) is 5.75 Å². The van der Waals surface area contributed by atoms with Gasteiger partial charge in [-0.25, -0.2) is 4.79 Å². The monoisotopic (exact) mass is 388 g/mol.